The first-order chi connectivity index (χ1) is 8.84. The van der Waals surface area contributed by atoms with Gasteiger partial charge in [0.1, 0.15) is 5.01 Å². The van der Waals surface area contributed by atoms with Crippen molar-refractivity contribution in [3.05, 3.63) is 15.6 Å². The van der Waals surface area contributed by atoms with Gasteiger partial charge in [-0.05, 0) is 50.8 Å². The molecule has 3 rings (SSSR count). The summed E-state index contributed by atoms with van der Waals surface area (Å²) in [6.45, 7) is 3.26. The number of hydrogen-bond acceptors (Lipinski definition) is 4. The van der Waals surface area contributed by atoms with Crippen molar-refractivity contribution in [2.24, 2.45) is 0 Å². The van der Waals surface area contributed by atoms with Crippen LogP contribution in [0.25, 0.3) is 0 Å². The van der Waals surface area contributed by atoms with E-state index < -0.39 is 0 Å². The van der Waals surface area contributed by atoms with Gasteiger partial charge in [-0.3, -0.25) is 0 Å². The van der Waals surface area contributed by atoms with Crippen molar-refractivity contribution in [3.63, 3.8) is 0 Å². The first-order valence-corrected chi connectivity index (χ1v) is 9.13. The van der Waals surface area contributed by atoms with Crippen LogP contribution in [0.3, 0.4) is 0 Å². The minimum Gasteiger partial charge on any atom is -0.305 e. The third kappa shape index (κ3) is 2.35. The fourth-order valence-corrected chi connectivity index (χ4v) is 5.73. The van der Waals surface area contributed by atoms with Gasteiger partial charge in [0.2, 0.25) is 0 Å². The molecule has 1 aromatic rings. The van der Waals surface area contributed by atoms with Crippen molar-refractivity contribution in [2.75, 3.05) is 18.1 Å². The minimum absolute atomic E-state index is 0.180. The van der Waals surface area contributed by atoms with Gasteiger partial charge in [0.25, 0.3) is 0 Å². The molecule has 1 fully saturated rings. The zero-order valence-corrected chi connectivity index (χ0v) is 12.8. The average molecular weight is 282 g/mol. The van der Waals surface area contributed by atoms with Crippen LogP contribution in [0.2, 0.25) is 0 Å². The van der Waals surface area contributed by atoms with E-state index in [1.165, 1.54) is 60.7 Å². The van der Waals surface area contributed by atoms with Crippen LogP contribution in [-0.2, 0) is 18.4 Å². The maximum Gasteiger partial charge on any atom is 0.114 e. The Morgan fingerprint density at radius 2 is 2.17 bits per heavy atom. The molecular formula is C14H22N2S2. The Kier molecular flexibility index (Phi) is 3.97. The summed E-state index contributed by atoms with van der Waals surface area (Å²) in [6.07, 6.45) is 7.75. The van der Waals surface area contributed by atoms with Crippen molar-refractivity contribution < 1.29 is 0 Å². The Labute approximate surface area is 118 Å². The van der Waals surface area contributed by atoms with Gasteiger partial charge in [-0.1, -0.05) is 6.92 Å². The van der Waals surface area contributed by atoms with E-state index in [0.29, 0.717) is 0 Å². The zero-order chi connectivity index (χ0) is 12.4. The monoisotopic (exact) mass is 282 g/mol. The first-order valence-electron chi connectivity index (χ1n) is 7.16. The highest BCUT2D eigenvalue weighted by molar-refractivity contribution is 7.99. The highest BCUT2D eigenvalue weighted by Gasteiger charge is 2.37. The molecule has 100 valence electrons. The highest BCUT2D eigenvalue weighted by Crippen LogP contribution is 2.39. The highest BCUT2D eigenvalue weighted by atomic mass is 32.2. The maximum atomic E-state index is 5.01. The molecule has 2 nitrogen and oxygen atoms in total. The molecule has 1 aliphatic carbocycles. The van der Waals surface area contributed by atoms with Gasteiger partial charge in [0.05, 0.1) is 11.2 Å². The third-order valence-electron chi connectivity index (χ3n) is 4.01. The third-order valence-corrected chi connectivity index (χ3v) is 6.65. The second-order valence-corrected chi connectivity index (χ2v) is 7.55. The second-order valence-electron chi connectivity index (χ2n) is 5.36. The molecule has 2 heterocycles. The van der Waals surface area contributed by atoms with Gasteiger partial charge in [0.15, 0.2) is 0 Å². The van der Waals surface area contributed by atoms with Crippen LogP contribution < -0.4 is 5.32 Å². The number of nitrogens with zero attached hydrogens (tertiary/aromatic N) is 1. The van der Waals surface area contributed by atoms with Crippen molar-refractivity contribution in [1.82, 2.24) is 10.3 Å². The molecule has 1 unspecified atom stereocenters. The van der Waals surface area contributed by atoms with Crippen molar-refractivity contribution >= 4 is 23.1 Å². The molecule has 1 aliphatic heterocycles. The fraction of sp³-hybridized carbons (Fsp3) is 0.786. The summed E-state index contributed by atoms with van der Waals surface area (Å²) in [7, 11) is 0. The Morgan fingerprint density at radius 1 is 1.28 bits per heavy atom. The van der Waals surface area contributed by atoms with E-state index >= 15 is 0 Å². The summed E-state index contributed by atoms with van der Waals surface area (Å²) < 4.78 is 0. The number of rotatable bonds is 3. The summed E-state index contributed by atoms with van der Waals surface area (Å²) >= 11 is 4.08. The lowest BCUT2D eigenvalue weighted by atomic mass is 9.95. The summed E-state index contributed by atoms with van der Waals surface area (Å²) in [4.78, 5) is 6.58. The average Bonchev–Trinajstić information content (AvgIpc) is 2.84. The second kappa shape index (κ2) is 5.51. The zero-order valence-electron chi connectivity index (χ0n) is 11.1. The number of fused-ring (bicyclic) bond motifs is 1. The summed E-state index contributed by atoms with van der Waals surface area (Å²) in [5.74, 6) is 2.52. The fourth-order valence-electron chi connectivity index (χ4n) is 3.07. The molecule has 1 N–H and O–H groups in total. The van der Waals surface area contributed by atoms with Crippen molar-refractivity contribution in [2.45, 2.75) is 51.0 Å². The van der Waals surface area contributed by atoms with E-state index in [4.69, 9.17) is 4.98 Å². The number of thiazole rings is 1. The lowest BCUT2D eigenvalue weighted by molar-refractivity contribution is 0.344. The van der Waals surface area contributed by atoms with Crippen LogP contribution in [0.15, 0.2) is 0 Å². The molecule has 4 heteroatoms. The number of thioether (sulfide) groups is 1. The number of nitrogens with one attached hydrogen (secondary N) is 1. The van der Waals surface area contributed by atoms with Crippen molar-refractivity contribution in [3.8, 4) is 0 Å². The Morgan fingerprint density at radius 3 is 2.89 bits per heavy atom. The summed E-state index contributed by atoms with van der Waals surface area (Å²) in [5, 5.41) is 5.13. The molecule has 0 saturated carbocycles. The molecule has 0 bridgehead atoms. The lowest BCUT2D eigenvalue weighted by Gasteiger charge is -2.35. The quantitative estimate of drug-likeness (QED) is 0.920. The van der Waals surface area contributed by atoms with Crippen LogP contribution in [0, 0.1) is 0 Å². The number of hydrogen-bond donors (Lipinski definition) is 1. The van der Waals surface area contributed by atoms with Crippen LogP contribution >= 0.6 is 23.1 Å². The molecule has 0 spiro atoms. The van der Waals surface area contributed by atoms with Crippen LogP contribution in [0.5, 0.6) is 0 Å². The van der Waals surface area contributed by atoms with E-state index in [9.17, 15) is 0 Å². The maximum absolute atomic E-state index is 5.01. The SMILES string of the molecule is CCNC1(c2nc3c(s2)CCCC3)CCCSC1. The molecule has 18 heavy (non-hydrogen) atoms. The standard InChI is InChI=1S/C14H22N2S2/c1-2-15-14(8-5-9-17-10-14)13-16-11-6-3-4-7-12(11)18-13/h15H,2-10H2,1H3. The Hall–Kier alpha value is -0.0600. The molecule has 1 aromatic heterocycles. The van der Waals surface area contributed by atoms with Gasteiger partial charge in [-0.2, -0.15) is 11.8 Å². The van der Waals surface area contributed by atoms with Gasteiger partial charge < -0.3 is 5.32 Å². The smallest absolute Gasteiger partial charge is 0.114 e. The van der Waals surface area contributed by atoms with Crippen LogP contribution in [0.4, 0.5) is 0 Å². The van der Waals surface area contributed by atoms with Crippen molar-refractivity contribution in [1.29, 1.82) is 0 Å². The van der Waals surface area contributed by atoms with E-state index in [2.05, 4.69) is 24.0 Å². The molecule has 0 amide bonds. The van der Waals surface area contributed by atoms with Crippen LogP contribution in [0.1, 0.15) is 48.2 Å². The predicted molar refractivity (Wildman–Crippen MR) is 80.7 cm³/mol. The Balaban J connectivity index is 1.91. The molecule has 1 atom stereocenters. The molecular weight excluding hydrogens is 260 g/mol. The topological polar surface area (TPSA) is 24.9 Å². The lowest BCUT2D eigenvalue weighted by Crippen LogP contribution is -2.46. The van der Waals surface area contributed by atoms with E-state index in [1.807, 2.05) is 11.3 Å². The van der Waals surface area contributed by atoms with E-state index in [0.717, 1.165) is 6.54 Å². The molecule has 1 saturated heterocycles. The number of aryl methyl sites for hydroxylation is 2. The summed E-state index contributed by atoms with van der Waals surface area (Å²) in [6, 6.07) is 0. The first kappa shape index (κ1) is 12.9. The van der Waals surface area contributed by atoms with Gasteiger partial charge >= 0.3 is 0 Å². The largest absolute Gasteiger partial charge is 0.305 e. The number of aromatic nitrogens is 1. The van der Waals surface area contributed by atoms with Crippen LogP contribution in [-0.4, -0.2) is 23.0 Å². The molecule has 0 radical (unpaired) electrons. The van der Waals surface area contributed by atoms with Gasteiger partial charge in [0, 0.05) is 10.6 Å². The normalized spacial score (nSPS) is 28.1. The summed E-state index contributed by atoms with van der Waals surface area (Å²) in [5.41, 5.74) is 1.59. The van der Waals surface area contributed by atoms with Gasteiger partial charge in [-0.15, -0.1) is 11.3 Å². The predicted octanol–water partition coefficient (Wildman–Crippen LogP) is 3.35. The van der Waals surface area contributed by atoms with E-state index in [1.54, 1.807) is 4.88 Å². The molecule has 0 aromatic carbocycles. The van der Waals surface area contributed by atoms with E-state index in [-0.39, 0.29) is 5.54 Å². The molecule has 2 aliphatic rings. The Bertz CT molecular complexity index is 379. The van der Waals surface area contributed by atoms with Gasteiger partial charge in [-0.25, -0.2) is 4.98 Å². The minimum atomic E-state index is 0.180.